The van der Waals surface area contributed by atoms with Gasteiger partial charge < -0.3 is 9.84 Å². The number of nitrogens with zero attached hydrogens (tertiary/aromatic N) is 2. The van der Waals surface area contributed by atoms with Crippen molar-refractivity contribution in [2.75, 3.05) is 0 Å². The molecule has 2 aromatic heterocycles. The van der Waals surface area contributed by atoms with Crippen LogP contribution in [0.1, 0.15) is 29.2 Å². The summed E-state index contributed by atoms with van der Waals surface area (Å²) in [5.41, 5.74) is 0.521. The van der Waals surface area contributed by atoms with Crippen molar-refractivity contribution in [3.05, 3.63) is 58.5 Å². The van der Waals surface area contributed by atoms with Gasteiger partial charge in [0.2, 0.25) is 17.6 Å². The van der Waals surface area contributed by atoms with Crippen molar-refractivity contribution in [2.45, 2.75) is 25.8 Å². The molecule has 1 fully saturated rings. The van der Waals surface area contributed by atoms with Gasteiger partial charge in [0.25, 0.3) is 0 Å². The maximum absolute atomic E-state index is 13.7. The summed E-state index contributed by atoms with van der Waals surface area (Å²) in [5, 5.41) is 6.91. The van der Waals surface area contributed by atoms with Crippen LogP contribution in [0, 0.1) is 11.7 Å². The maximum atomic E-state index is 13.7. The van der Waals surface area contributed by atoms with Crippen LogP contribution < -0.4 is 5.32 Å². The molecule has 1 amide bonds. The molecule has 1 aliphatic rings. The van der Waals surface area contributed by atoms with Crippen molar-refractivity contribution < 1.29 is 13.7 Å². The minimum Gasteiger partial charge on any atom is -0.351 e. The minimum absolute atomic E-state index is 0.127. The van der Waals surface area contributed by atoms with Gasteiger partial charge in [0.1, 0.15) is 5.82 Å². The summed E-state index contributed by atoms with van der Waals surface area (Å²) in [6.45, 7) is 0.514. The Bertz CT molecular complexity index is 901. The Morgan fingerprint density at radius 3 is 2.92 bits per heavy atom. The number of nitrogens with one attached hydrogen (secondary N) is 1. The molecule has 0 unspecified atom stereocenters. The summed E-state index contributed by atoms with van der Waals surface area (Å²) < 4.78 is 18.9. The fourth-order valence-corrected chi connectivity index (χ4v) is 3.36. The highest BCUT2D eigenvalue weighted by Crippen LogP contribution is 2.30. The lowest BCUT2D eigenvalue weighted by molar-refractivity contribution is -0.122. The molecule has 128 valence electrons. The molecule has 1 aromatic carbocycles. The van der Waals surface area contributed by atoms with E-state index in [-0.39, 0.29) is 24.1 Å². The zero-order chi connectivity index (χ0) is 17.2. The summed E-state index contributed by atoms with van der Waals surface area (Å²) in [5.74, 6) is 0.902. The summed E-state index contributed by atoms with van der Waals surface area (Å²) in [4.78, 5) is 17.9. The number of carbonyl (C=O) groups is 1. The van der Waals surface area contributed by atoms with Crippen LogP contribution in [0.2, 0.25) is 0 Å². The Morgan fingerprint density at radius 2 is 2.12 bits per heavy atom. The molecule has 3 aromatic rings. The van der Waals surface area contributed by atoms with Gasteiger partial charge in [-0.05, 0) is 36.6 Å². The smallest absolute Gasteiger partial charge is 0.231 e. The second-order valence-electron chi connectivity index (χ2n) is 6.04. The van der Waals surface area contributed by atoms with E-state index in [9.17, 15) is 9.18 Å². The van der Waals surface area contributed by atoms with Gasteiger partial charge in [0.05, 0.1) is 17.8 Å². The highest BCUT2D eigenvalue weighted by molar-refractivity contribution is 7.15. The minimum atomic E-state index is -0.285. The molecule has 0 atom stereocenters. The molecule has 5 nitrogen and oxygen atoms in total. The molecule has 4 rings (SSSR count). The van der Waals surface area contributed by atoms with Gasteiger partial charge in [0, 0.05) is 10.8 Å². The molecule has 0 aliphatic heterocycles. The molecule has 1 saturated carbocycles. The Hall–Kier alpha value is -2.54. The highest BCUT2D eigenvalue weighted by Gasteiger charge is 2.29. The van der Waals surface area contributed by atoms with Crippen LogP contribution in [0.5, 0.6) is 0 Å². The third-order valence-corrected chi connectivity index (χ3v) is 5.12. The van der Waals surface area contributed by atoms with E-state index < -0.39 is 0 Å². The predicted octanol–water partition coefficient (Wildman–Crippen LogP) is 3.55. The van der Waals surface area contributed by atoms with E-state index in [1.54, 1.807) is 18.2 Å². The van der Waals surface area contributed by atoms with E-state index in [1.807, 2.05) is 12.1 Å². The number of amides is 1. The number of hydrogen-bond donors (Lipinski definition) is 1. The monoisotopic (exact) mass is 357 g/mol. The van der Waals surface area contributed by atoms with Gasteiger partial charge in [-0.25, -0.2) is 4.39 Å². The zero-order valence-electron chi connectivity index (χ0n) is 13.4. The number of thiophene rings is 1. The van der Waals surface area contributed by atoms with E-state index in [2.05, 4.69) is 15.5 Å². The van der Waals surface area contributed by atoms with Gasteiger partial charge in [-0.2, -0.15) is 4.98 Å². The first kappa shape index (κ1) is 16.0. The number of benzene rings is 1. The molecule has 0 radical (unpaired) electrons. The molecule has 1 aliphatic carbocycles. The number of hydrogen-bond acceptors (Lipinski definition) is 5. The third kappa shape index (κ3) is 3.76. The van der Waals surface area contributed by atoms with Crippen molar-refractivity contribution >= 4 is 17.2 Å². The molecular weight excluding hydrogens is 341 g/mol. The first-order chi connectivity index (χ1) is 12.2. The van der Waals surface area contributed by atoms with E-state index >= 15 is 0 Å². The summed E-state index contributed by atoms with van der Waals surface area (Å²) in [6.07, 6.45) is 2.25. The van der Waals surface area contributed by atoms with E-state index in [4.69, 9.17) is 4.52 Å². The average molecular weight is 357 g/mol. The van der Waals surface area contributed by atoms with Crippen LogP contribution in [0.15, 0.2) is 40.9 Å². The molecule has 0 bridgehead atoms. The molecule has 25 heavy (non-hydrogen) atoms. The van der Waals surface area contributed by atoms with Crippen LogP contribution in [-0.2, 0) is 17.8 Å². The van der Waals surface area contributed by atoms with Gasteiger partial charge in [-0.1, -0.05) is 23.4 Å². The van der Waals surface area contributed by atoms with E-state index in [0.717, 1.165) is 22.6 Å². The first-order valence-electron chi connectivity index (χ1n) is 8.12. The SMILES string of the molecule is O=C(NCc1ccc(-c2noc(Cc3ccccc3F)n2)s1)C1CC1. The van der Waals surface area contributed by atoms with Gasteiger partial charge >= 0.3 is 0 Å². The van der Waals surface area contributed by atoms with E-state index in [0.29, 0.717) is 23.8 Å². The van der Waals surface area contributed by atoms with Crippen LogP contribution in [0.3, 0.4) is 0 Å². The predicted molar refractivity (Wildman–Crippen MR) is 91.4 cm³/mol. The van der Waals surface area contributed by atoms with Crippen molar-refractivity contribution in [3.63, 3.8) is 0 Å². The average Bonchev–Trinajstić information content (AvgIpc) is 3.18. The van der Waals surface area contributed by atoms with Crippen molar-refractivity contribution in [3.8, 4) is 10.7 Å². The molecule has 0 spiro atoms. The second-order valence-corrected chi connectivity index (χ2v) is 7.21. The van der Waals surface area contributed by atoms with Crippen molar-refractivity contribution in [2.24, 2.45) is 5.92 Å². The Labute approximate surface area is 147 Å². The Morgan fingerprint density at radius 1 is 1.28 bits per heavy atom. The molecule has 1 N–H and O–H groups in total. The zero-order valence-corrected chi connectivity index (χ0v) is 14.2. The normalized spacial score (nSPS) is 13.8. The fraction of sp³-hybridized carbons (Fsp3) is 0.278. The van der Waals surface area contributed by atoms with E-state index in [1.165, 1.54) is 17.4 Å². The quantitative estimate of drug-likeness (QED) is 0.732. The van der Waals surface area contributed by atoms with Gasteiger partial charge in [0.15, 0.2) is 0 Å². The Balaban J connectivity index is 1.41. The standard InChI is InChI=1S/C18H16FN3O2S/c19-14-4-2-1-3-12(14)9-16-21-17(22-24-16)15-8-7-13(25-15)10-20-18(23)11-5-6-11/h1-4,7-8,11H,5-6,9-10H2,(H,20,23). The number of rotatable bonds is 6. The summed E-state index contributed by atoms with van der Waals surface area (Å²) in [7, 11) is 0. The highest BCUT2D eigenvalue weighted by atomic mass is 32.1. The second kappa shape index (κ2) is 6.76. The van der Waals surface area contributed by atoms with Gasteiger partial charge in [-0.3, -0.25) is 4.79 Å². The topological polar surface area (TPSA) is 68.0 Å². The molecule has 2 heterocycles. The van der Waals surface area contributed by atoms with Crippen molar-refractivity contribution in [1.29, 1.82) is 0 Å². The lowest BCUT2D eigenvalue weighted by atomic mass is 10.1. The third-order valence-electron chi connectivity index (χ3n) is 4.03. The van der Waals surface area contributed by atoms with Crippen molar-refractivity contribution in [1.82, 2.24) is 15.5 Å². The summed E-state index contributed by atoms with van der Waals surface area (Å²) in [6, 6.07) is 10.4. The van der Waals surface area contributed by atoms with Gasteiger partial charge in [-0.15, -0.1) is 11.3 Å². The van der Waals surface area contributed by atoms with Crippen LogP contribution in [-0.4, -0.2) is 16.0 Å². The van der Waals surface area contributed by atoms with Crippen LogP contribution in [0.4, 0.5) is 4.39 Å². The largest absolute Gasteiger partial charge is 0.351 e. The maximum Gasteiger partial charge on any atom is 0.231 e. The first-order valence-corrected chi connectivity index (χ1v) is 8.93. The molecule has 0 saturated heterocycles. The Kier molecular flexibility index (Phi) is 4.31. The van der Waals surface area contributed by atoms with Crippen LogP contribution in [0.25, 0.3) is 10.7 Å². The fourth-order valence-electron chi connectivity index (χ4n) is 2.49. The number of halogens is 1. The lowest BCUT2D eigenvalue weighted by Crippen LogP contribution is -2.23. The molecular formula is C18H16FN3O2S. The van der Waals surface area contributed by atoms with Crippen LogP contribution >= 0.6 is 11.3 Å². The number of aromatic nitrogens is 2. The molecule has 7 heteroatoms. The number of carbonyl (C=O) groups excluding carboxylic acids is 1. The lowest BCUT2D eigenvalue weighted by Gasteiger charge is -2.00. The summed E-state index contributed by atoms with van der Waals surface area (Å²) >= 11 is 1.51.